The fraction of sp³-hybridized carbons (Fsp3) is 0.500. The van der Waals surface area contributed by atoms with Crippen molar-refractivity contribution in [2.24, 2.45) is 0 Å². The molecular formula is C20H27N5O2S. The number of hydrogen-bond donors (Lipinski definition) is 1. The molecule has 1 fully saturated rings. The van der Waals surface area contributed by atoms with Gasteiger partial charge in [-0.2, -0.15) is 4.52 Å². The lowest BCUT2D eigenvalue weighted by Crippen LogP contribution is -2.47. The van der Waals surface area contributed by atoms with Crippen LogP contribution in [0.5, 0.6) is 11.6 Å². The van der Waals surface area contributed by atoms with Crippen molar-refractivity contribution in [3.63, 3.8) is 0 Å². The van der Waals surface area contributed by atoms with E-state index >= 15 is 0 Å². The summed E-state index contributed by atoms with van der Waals surface area (Å²) in [4.78, 5) is 11.1. The highest BCUT2D eigenvalue weighted by Gasteiger charge is 2.31. The molecule has 1 unspecified atom stereocenters. The van der Waals surface area contributed by atoms with E-state index in [2.05, 4.69) is 38.9 Å². The third kappa shape index (κ3) is 3.47. The minimum Gasteiger partial charge on any atom is -0.497 e. The number of methoxy groups -OCH3 is 1. The van der Waals surface area contributed by atoms with Gasteiger partial charge in [-0.3, -0.25) is 4.90 Å². The van der Waals surface area contributed by atoms with Gasteiger partial charge < -0.3 is 14.7 Å². The lowest BCUT2D eigenvalue weighted by molar-refractivity contribution is 0.113. The van der Waals surface area contributed by atoms with Crippen LogP contribution in [-0.2, 0) is 6.42 Å². The van der Waals surface area contributed by atoms with E-state index in [1.165, 1.54) is 11.3 Å². The van der Waals surface area contributed by atoms with E-state index in [4.69, 9.17) is 4.74 Å². The Hall–Kier alpha value is -2.16. The van der Waals surface area contributed by atoms with Gasteiger partial charge in [0.05, 0.1) is 18.0 Å². The molecule has 1 atom stereocenters. The molecule has 1 saturated heterocycles. The summed E-state index contributed by atoms with van der Waals surface area (Å²) in [6.07, 6.45) is 0.754. The van der Waals surface area contributed by atoms with Gasteiger partial charge in [-0.1, -0.05) is 37.3 Å². The largest absolute Gasteiger partial charge is 0.497 e. The Kier molecular flexibility index (Phi) is 5.52. The molecule has 0 spiro atoms. The number of hydrogen-bond acceptors (Lipinski definition) is 7. The van der Waals surface area contributed by atoms with Crippen LogP contribution in [0.25, 0.3) is 4.96 Å². The molecule has 0 saturated carbocycles. The highest BCUT2D eigenvalue weighted by molar-refractivity contribution is 7.17. The first kappa shape index (κ1) is 19.2. The highest BCUT2D eigenvalue weighted by atomic mass is 32.1. The number of aromatic nitrogens is 3. The third-order valence-electron chi connectivity index (χ3n) is 5.46. The van der Waals surface area contributed by atoms with E-state index in [-0.39, 0.29) is 11.9 Å². The Morgan fingerprint density at radius 3 is 2.43 bits per heavy atom. The number of piperazine rings is 1. The molecule has 4 rings (SSSR count). The quantitative estimate of drug-likeness (QED) is 0.685. The Balaban J connectivity index is 1.74. The topological polar surface area (TPSA) is 66.1 Å². The number of fused-ring (bicyclic) bond motifs is 1. The Labute approximate surface area is 169 Å². The zero-order chi connectivity index (χ0) is 19.7. The molecule has 0 bridgehead atoms. The van der Waals surface area contributed by atoms with E-state index < -0.39 is 0 Å². The lowest BCUT2D eigenvalue weighted by Gasteiger charge is -2.38. The monoisotopic (exact) mass is 401 g/mol. The van der Waals surface area contributed by atoms with Crippen LogP contribution in [0.15, 0.2) is 24.3 Å². The number of nitrogens with zero attached hydrogens (tertiary/aromatic N) is 5. The summed E-state index contributed by atoms with van der Waals surface area (Å²) in [7, 11) is 1.67. The first-order chi connectivity index (χ1) is 13.6. The Morgan fingerprint density at radius 2 is 1.86 bits per heavy atom. The number of likely N-dealkylation sites (N-methyl/N-ethyl adjacent to an activating group) is 1. The van der Waals surface area contributed by atoms with E-state index in [0.717, 1.165) is 66.1 Å². The maximum atomic E-state index is 11.0. The summed E-state index contributed by atoms with van der Waals surface area (Å²) in [5, 5.41) is 15.4. The zero-order valence-electron chi connectivity index (χ0n) is 16.6. The van der Waals surface area contributed by atoms with Crippen molar-refractivity contribution >= 4 is 16.3 Å². The van der Waals surface area contributed by atoms with Gasteiger partial charge >= 0.3 is 0 Å². The molecule has 7 nitrogen and oxygen atoms in total. The van der Waals surface area contributed by atoms with Crippen LogP contribution >= 0.6 is 11.3 Å². The van der Waals surface area contributed by atoms with E-state index in [1.807, 2.05) is 19.1 Å². The fourth-order valence-electron chi connectivity index (χ4n) is 3.77. The van der Waals surface area contributed by atoms with Crippen molar-refractivity contribution in [3.8, 4) is 11.6 Å². The number of benzene rings is 1. The molecule has 0 amide bonds. The van der Waals surface area contributed by atoms with Crippen LogP contribution in [0.2, 0.25) is 0 Å². The summed E-state index contributed by atoms with van der Waals surface area (Å²) in [5.74, 6) is 1.79. The average Bonchev–Trinajstić information content (AvgIpc) is 3.28. The SMILES string of the molecule is CCc1nc2sc(C(c3ccc(OC)cc3)N3CCN(CC)CC3)c(O)n2n1. The van der Waals surface area contributed by atoms with Gasteiger partial charge in [-0.05, 0) is 24.2 Å². The normalized spacial score (nSPS) is 17.2. The number of ether oxygens (including phenoxy) is 1. The van der Waals surface area contributed by atoms with Crippen LogP contribution in [0.4, 0.5) is 0 Å². The minimum atomic E-state index is -0.0245. The Bertz CT molecular complexity index is 928. The van der Waals surface area contributed by atoms with E-state index in [0.29, 0.717) is 0 Å². The van der Waals surface area contributed by atoms with Gasteiger partial charge in [-0.25, -0.2) is 4.98 Å². The van der Waals surface area contributed by atoms with E-state index in [9.17, 15) is 5.11 Å². The first-order valence-corrected chi connectivity index (χ1v) is 10.6. The molecule has 1 N–H and O–H groups in total. The van der Waals surface area contributed by atoms with Crippen LogP contribution in [0, 0.1) is 0 Å². The summed E-state index contributed by atoms with van der Waals surface area (Å²) >= 11 is 1.53. The fourth-order valence-corrected chi connectivity index (χ4v) is 4.91. The second-order valence-corrected chi connectivity index (χ2v) is 8.02. The molecule has 28 heavy (non-hydrogen) atoms. The molecule has 0 aliphatic carbocycles. The molecule has 3 heterocycles. The molecule has 3 aromatic rings. The van der Waals surface area contributed by atoms with Crippen molar-refractivity contribution in [1.82, 2.24) is 24.4 Å². The van der Waals surface area contributed by atoms with Gasteiger partial charge in [0.1, 0.15) is 5.75 Å². The summed E-state index contributed by atoms with van der Waals surface area (Å²) in [5.41, 5.74) is 1.14. The second-order valence-electron chi connectivity index (χ2n) is 7.01. The van der Waals surface area contributed by atoms with Gasteiger partial charge in [-0.15, -0.1) is 5.10 Å². The first-order valence-electron chi connectivity index (χ1n) is 9.82. The van der Waals surface area contributed by atoms with Crippen LogP contribution in [0.3, 0.4) is 0 Å². The summed E-state index contributed by atoms with van der Waals surface area (Å²) < 4.78 is 6.90. The van der Waals surface area contributed by atoms with Crippen LogP contribution < -0.4 is 4.74 Å². The minimum absolute atomic E-state index is 0.0245. The molecular weight excluding hydrogens is 374 g/mol. The summed E-state index contributed by atoms with van der Waals surface area (Å²) in [6, 6.07) is 8.11. The van der Waals surface area contributed by atoms with Gasteiger partial charge in [0.25, 0.3) is 0 Å². The van der Waals surface area contributed by atoms with Crippen molar-refractivity contribution in [2.75, 3.05) is 39.8 Å². The van der Waals surface area contributed by atoms with Gasteiger partial charge in [0, 0.05) is 32.6 Å². The standard InChI is InChI=1S/C20H27N5O2S/c1-4-16-21-20-25(22-16)19(26)18(28-20)17(14-6-8-15(27-3)9-7-14)24-12-10-23(5-2)11-13-24/h6-9,17,26H,4-5,10-13H2,1-3H3. The number of rotatable bonds is 6. The number of thiazole rings is 1. The predicted octanol–water partition coefficient (Wildman–Crippen LogP) is 2.79. The van der Waals surface area contributed by atoms with Crippen LogP contribution in [0.1, 0.15) is 36.2 Å². The predicted molar refractivity (Wildman–Crippen MR) is 110 cm³/mol. The smallest absolute Gasteiger partial charge is 0.230 e. The maximum absolute atomic E-state index is 11.0. The molecule has 1 aliphatic heterocycles. The highest BCUT2D eigenvalue weighted by Crippen LogP contribution is 2.40. The van der Waals surface area contributed by atoms with Crippen molar-refractivity contribution in [1.29, 1.82) is 0 Å². The van der Waals surface area contributed by atoms with Gasteiger partial charge in [0.15, 0.2) is 5.82 Å². The van der Waals surface area contributed by atoms with Crippen LogP contribution in [-0.4, -0.2) is 69.3 Å². The second kappa shape index (κ2) is 8.06. The molecule has 1 aromatic carbocycles. The summed E-state index contributed by atoms with van der Waals surface area (Å²) in [6.45, 7) is 9.27. The maximum Gasteiger partial charge on any atom is 0.230 e. The Morgan fingerprint density at radius 1 is 1.14 bits per heavy atom. The molecule has 0 radical (unpaired) electrons. The van der Waals surface area contributed by atoms with Crippen molar-refractivity contribution in [3.05, 3.63) is 40.5 Å². The van der Waals surface area contributed by atoms with Crippen molar-refractivity contribution < 1.29 is 9.84 Å². The molecule has 8 heteroatoms. The molecule has 150 valence electrons. The van der Waals surface area contributed by atoms with Gasteiger partial charge in [0.2, 0.25) is 10.8 Å². The third-order valence-corrected chi connectivity index (χ3v) is 6.53. The number of aryl methyl sites for hydroxylation is 1. The molecule has 1 aliphatic rings. The van der Waals surface area contributed by atoms with E-state index in [1.54, 1.807) is 11.6 Å². The van der Waals surface area contributed by atoms with Crippen molar-refractivity contribution in [2.45, 2.75) is 26.3 Å². The molecule has 2 aromatic heterocycles. The average molecular weight is 402 g/mol. The number of aromatic hydroxyl groups is 1. The zero-order valence-corrected chi connectivity index (χ0v) is 17.4. The lowest BCUT2D eigenvalue weighted by atomic mass is 10.0.